The van der Waals surface area contributed by atoms with Crippen LogP contribution in [0.25, 0.3) is 32.4 Å². The van der Waals surface area contributed by atoms with Crippen molar-refractivity contribution in [3.63, 3.8) is 0 Å². The highest BCUT2D eigenvalue weighted by Crippen LogP contribution is 2.43. The van der Waals surface area contributed by atoms with Crippen LogP contribution in [-0.4, -0.2) is 42.0 Å². The van der Waals surface area contributed by atoms with E-state index in [2.05, 4.69) is 132 Å². The van der Waals surface area contributed by atoms with Gasteiger partial charge in [0, 0.05) is 29.7 Å². The Kier molecular flexibility index (Phi) is 8.99. The van der Waals surface area contributed by atoms with Crippen LogP contribution >= 0.6 is 7.92 Å². The Balaban J connectivity index is 1.20. The van der Waals surface area contributed by atoms with Crippen LogP contribution in [0.5, 0.6) is 5.75 Å². The number of amides is 1. The zero-order valence-corrected chi connectivity index (χ0v) is 30.8. The highest BCUT2D eigenvalue weighted by atomic mass is 31.1. The number of pyridine rings is 1. The van der Waals surface area contributed by atoms with Crippen molar-refractivity contribution >= 4 is 62.2 Å². The molecule has 262 valence electrons. The molecular formula is C47H42N3O2P. The Hall–Kier alpha value is -5.35. The van der Waals surface area contributed by atoms with Crippen LogP contribution in [0.2, 0.25) is 0 Å². The number of carbonyl (C=O) groups is 1. The average Bonchev–Trinajstić information content (AvgIpc) is 3.23. The molecule has 0 spiro atoms. The van der Waals surface area contributed by atoms with Crippen molar-refractivity contribution in [2.24, 2.45) is 11.8 Å². The second-order valence-corrected chi connectivity index (χ2v) is 16.4. The summed E-state index contributed by atoms with van der Waals surface area (Å²) >= 11 is 0. The molecule has 5 atom stereocenters. The molecule has 3 aliphatic rings. The first-order valence-electron chi connectivity index (χ1n) is 18.6. The molecule has 1 N–H and O–H groups in total. The van der Waals surface area contributed by atoms with E-state index in [1.807, 2.05) is 30.5 Å². The molecule has 0 aliphatic carbocycles. The van der Waals surface area contributed by atoms with Crippen LogP contribution < -0.4 is 26.0 Å². The average molecular weight is 712 g/mol. The van der Waals surface area contributed by atoms with Gasteiger partial charge in [0.25, 0.3) is 5.91 Å². The molecule has 0 saturated carbocycles. The molecule has 2 bridgehead atoms. The molecule has 0 radical (unpaired) electrons. The maximum absolute atomic E-state index is 15.2. The minimum absolute atomic E-state index is 0.0608. The van der Waals surface area contributed by atoms with Gasteiger partial charge in [0.15, 0.2) is 0 Å². The van der Waals surface area contributed by atoms with Gasteiger partial charge in [0.2, 0.25) is 0 Å². The molecule has 7 aromatic rings. The van der Waals surface area contributed by atoms with E-state index < -0.39 is 7.92 Å². The molecule has 3 aliphatic heterocycles. The predicted octanol–water partition coefficient (Wildman–Crippen LogP) is 8.68. The maximum atomic E-state index is 15.2. The first-order chi connectivity index (χ1) is 26.1. The minimum atomic E-state index is -1.15. The summed E-state index contributed by atoms with van der Waals surface area (Å²) in [6.07, 6.45) is 6.16. The van der Waals surface area contributed by atoms with Gasteiger partial charge in [-0.05, 0) is 112 Å². The quantitative estimate of drug-likeness (QED) is 0.120. The van der Waals surface area contributed by atoms with Gasteiger partial charge in [-0.25, -0.2) is 0 Å². The molecule has 4 heterocycles. The van der Waals surface area contributed by atoms with E-state index in [-0.39, 0.29) is 18.0 Å². The molecule has 1 unspecified atom stereocenters. The third-order valence-corrected chi connectivity index (χ3v) is 14.2. The minimum Gasteiger partial charge on any atom is -0.497 e. The number of piperidine rings is 3. The standard InChI is InChI=1S/C47H42N3O2P/c1-3-31-30-50-27-25-34(31)28-42(50)46(38-24-26-48-41-23-22-35(52-2)29-40(38)41)49-47(51)39-18-8-9-19-45(39)53(43-20-10-14-32-12-4-6-16-36(32)43)44-21-11-15-33-13-5-7-17-37(33)44/h3-24,26,29,31,34,42,46H,1,25,27-28,30H2,2H3,(H,49,51)/t31-,34-,42-,46-/m0/s1. The number of methoxy groups -OCH3 is 1. The van der Waals surface area contributed by atoms with Crippen molar-refractivity contribution < 1.29 is 9.53 Å². The van der Waals surface area contributed by atoms with Gasteiger partial charge < -0.3 is 10.1 Å². The smallest absolute Gasteiger partial charge is 0.252 e. The zero-order valence-electron chi connectivity index (χ0n) is 29.9. The SMILES string of the molecule is C=C[C@H]1CN2CC[C@H]1C[C@H]2[C@@H](NC(=O)c1ccccc1P(c1cccc2ccccc12)c1cccc2ccccc12)c1ccnc2ccc(OC)cc12. The highest BCUT2D eigenvalue weighted by Gasteiger charge is 2.43. The number of benzene rings is 6. The summed E-state index contributed by atoms with van der Waals surface area (Å²) in [6.45, 7) is 6.15. The number of hydrogen-bond donors (Lipinski definition) is 1. The Labute approximate surface area is 312 Å². The van der Waals surface area contributed by atoms with Crippen molar-refractivity contribution in [2.45, 2.75) is 24.9 Å². The monoisotopic (exact) mass is 711 g/mol. The highest BCUT2D eigenvalue weighted by molar-refractivity contribution is 7.80. The number of rotatable bonds is 9. The third kappa shape index (κ3) is 6.08. The zero-order chi connectivity index (χ0) is 35.9. The Morgan fingerprint density at radius 3 is 2.17 bits per heavy atom. The second kappa shape index (κ2) is 14.2. The number of nitrogens with one attached hydrogen (secondary N) is 1. The van der Waals surface area contributed by atoms with E-state index in [9.17, 15) is 0 Å². The summed E-state index contributed by atoms with van der Waals surface area (Å²) < 4.78 is 5.68. The molecule has 6 aromatic carbocycles. The molecule has 3 fully saturated rings. The lowest BCUT2D eigenvalue weighted by Gasteiger charge is -2.51. The molecule has 1 amide bonds. The van der Waals surface area contributed by atoms with Gasteiger partial charge in [-0.2, -0.15) is 0 Å². The van der Waals surface area contributed by atoms with E-state index >= 15 is 4.79 Å². The molecular weight excluding hydrogens is 670 g/mol. The number of fused-ring (bicyclic) bond motifs is 6. The van der Waals surface area contributed by atoms with Gasteiger partial charge in [-0.3, -0.25) is 14.7 Å². The Morgan fingerprint density at radius 2 is 1.49 bits per heavy atom. The van der Waals surface area contributed by atoms with Crippen LogP contribution in [0.3, 0.4) is 0 Å². The van der Waals surface area contributed by atoms with Crippen LogP contribution in [0.4, 0.5) is 0 Å². The van der Waals surface area contributed by atoms with Crippen LogP contribution in [0, 0.1) is 11.8 Å². The number of carbonyl (C=O) groups excluding carboxylic acids is 1. The van der Waals surface area contributed by atoms with E-state index in [0.29, 0.717) is 17.4 Å². The first kappa shape index (κ1) is 33.5. The lowest BCUT2D eigenvalue weighted by Crippen LogP contribution is -2.57. The molecule has 6 heteroatoms. The topological polar surface area (TPSA) is 54.5 Å². The van der Waals surface area contributed by atoms with E-state index in [1.54, 1.807) is 7.11 Å². The summed E-state index contributed by atoms with van der Waals surface area (Å²) in [7, 11) is 0.544. The number of aromatic nitrogens is 1. The molecule has 1 aromatic heterocycles. The van der Waals surface area contributed by atoms with Crippen molar-refractivity contribution in [1.82, 2.24) is 15.2 Å². The Morgan fingerprint density at radius 1 is 0.830 bits per heavy atom. The molecule has 53 heavy (non-hydrogen) atoms. The van der Waals surface area contributed by atoms with Crippen LogP contribution in [0.1, 0.15) is 34.8 Å². The van der Waals surface area contributed by atoms with E-state index in [4.69, 9.17) is 9.72 Å². The lowest BCUT2D eigenvalue weighted by molar-refractivity contribution is 0.00171. The number of hydrogen-bond acceptors (Lipinski definition) is 4. The van der Waals surface area contributed by atoms with Gasteiger partial charge in [-0.15, -0.1) is 6.58 Å². The summed E-state index contributed by atoms with van der Waals surface area (Å²) in [5.74, 6) is 1.73. The summed E-state index contributed by atoms with van der Waals surface area (Å²) in [6, 6.07) is 46.6. The van der Waals surface area contributed by atoms with Crippen LogP contribution in [0.15, 0.2) is 152 Å². The van der Waals surface area contributed by atoms with Crippen LogP contribution in [-0.2, 0) is 0 Å². The van der Waals surface area contributed by atoms with Gasteiger partial charge in [0.05, 0.1) is 18.7 Å². The van der Waals surface area contributed by atoms with Crippen molar-refractivity contribution in [3.05, 3.63) is 163 Å². The van der Waals surface area contributed by atoms with Gasteiger partial charge in [0.1, 0.15) is 5.75 Å². The fourth-order valence-electron chi connectivity index (χ4n) is 8.93. The van der Waals surface area contributed by atoms with Crippen molar-refractivity contribution in [1.29, 1.82) is 0 Å². The number of nitrogens with zero attached hydrogens (tertiary/aromatic N) is 2. The fourth-order valence-corrected chi connectivity index (χ4v) is 11.7. The summed E-state index contributed by atoms with van der Waals surface area (Å²) in [4.78, 5) is 22.5. The fraction of sp³-hybridized carbons (Fsp3) is 0.191. The maximum Gasteiger partial charge on any atom is 0.252 e. The predicted molar refractivity (Wildman–Crippen MR) is 220 cm³/mol. The van der Waals surface area contributed by atoms with Crippen molar-refractivity contribution in [2.75, 3.05) is 20.2 Å². The number of ether oxygens (including phenoxy) is 1. The molecule has 10 rings (SSSR count). The second-order valence-electron chi connectivity index (χ2n) is 14.3. The Bertz CT molecular complexity index is 2410. The normalized spacial score (nSPS) is 20.1. The largest absolute Gasteiger partial charge is 0.497 e. The van der Waals surface area contributed by atoms with E-state index in [0.717, 1.165) is 53.5 Å². The van der Waals surface area contributed by atoms with Gasteiger partial charge >= 0.3 is 0 Å². The first-order valence-corrected chi connectivity index (χ1v) is 19.9. The summed E-state index contributed by atoms with van der Waals surface area (Å²) in [5, 5.41) is 13.0. The van der Waals surface area contributed by atoms with E-state index in [1.165, 1.54) is 32.2 Å². The van der Waals surface area contributed by atoms with Gasteiger partial charge in [-0.1, -0.05) is 109 Å². The third-order valence-electron chi connectivity index (χ3n) is 11.5. The summed E-state index contributed by atoms with van der Waals surface area (Å²) in [5.41, 5.74) is 2.66. The lowest BCUT2D eigenvalue weighted by atomic mass is 9.73. The van der Waals surface area contributed by atoms with Crippen molar-refractivity contribution in [3.8, 4) is 5.75 Å². The molecule has 3 saturated heterocycles. The molecule has 5 nitrogen and oxygen atoms in total.